The van der Waals surface area contributed by atoms with Gasteiger partial charge in [-0.3, -0.25) is 0 Å². The highest BCUT2D eigenvalue weighted by molar-refractivity contribution is 5.62. The Bertz CT molecular complexity index is 649. The second-order valence-electron chi connectivity index (χ2n) is 5.18. The molecule has 0 radical (unpaired) electrons. The number of rotatable bonds is 1. The van der Waals surface area contributed by atoms with Crippen molar-refractivity contribution in [2.24, 2.45) is 0 Å². The molecule has 0 amide bonds. The summed E-state index contributed by atoms with van der Waals surface area (Å²) in [5.41, 5.74) is 5.60. The molecule has 0 aliphatic carbocycles. The van der Waals surface area contributed by atoms with Crippen LogP contribution in [-0.4, -0.2) is 0 Å². The van der Waals surface area contributed by atoms with E-state index in [2.05, 4.69) is 31.3 Å². The van der Waals surface area contributed by atoms with Gasteiger partial charge in [-0.1, -0.05) is 12.1 Å². The van der Waals surface area contributed by atoms with Crippen molar-refractivity contribution in [3.63, 3.8) is 0 Å². The topological polar surface area (TPSA) is 12.0 Å². The fraction of sp³-hybridized carbons (Fsp3) is 0.250. The molecule has 98 valence electrons. The molecule has 1 unspecified atom stereocenters. The van der Waals surface area contributed by atoms with Crippen LogP contribution >= 0.6 is 0 Å². The lowest BCUT2D eigenvalue weighted by atomic mass is 9.99. The SMILES string of the molecule is Cc1cc(C)c2c(c1)NC(c1ccc(F)c(F)c1)C2. The summed E-state index contributed by atoms with van der Waals surface area (Å²) in [5.74, 6) is -1.59. The summed E-state index contributed by atoms with van der Waals surface area (Å²) in [6, 6.07) is 8.38. The van der Waals surface area contributed by atoms with Crippen LogP contribution in [0.1, 0.15) is 28.3 Å². The van der Waals surface area contributed by atoms with Gasteiger partial charge in [-0.05, 0) is 60.7 Å². The van der Waals surface area contributed by atoms with Crippen LogP contribution in [0.15, 0.2) is 30.3 Å². The van der Waals surface area contributed by atoms with Gasteiger partial charge in [0.05, 0.1) is 6.04 Å². The fourth-order valence-electron chi connectivity index (χ4n) is 2.77. The first-order valence-electron chi connectivity index (χ1n) is 6.36. The summed E-state index contributed by atoms with van der Waals surface area (Å²) in [7, 11) is 0. The first-order valence-corrected chi connectivity index (χ1v) is 6.36. The Kier molecular flexibility index (Phi) is 2.77. The Balaban J connectivity index is 1.95. The molecule has 2 aromatic carbocycles. The zero-order valence-electron chi connectivity index (χ0n) is 10.9. The Morgan fingerprint density at radius 3 is 2.58 bits per heavy atom. The Morgan fingerprint density at radius 1 is 1.05 bits per heavy atom. The van der Waals surface area contributed by atoms with E-state index < -0.39 is 11.6 Å². The number of hydrogen-bond acceptors (Lipinski definition) is 1. The molecule has 3 rings (SSSR count). The van der Waals surface area contributed by atoms with Gasteiger partial charge in [0, 0.05) is 5.69 Å². The minimum Gasteiger partial charge on any atom is -0.378 e. The number of halogens is 2. The molecular formula is C16H15F2N. The third kappa shape index (κ3) is 2.09. The molecule has 1 atom stereocenters. The maximum Gasteiger partial charge on any atom is 0.159 e. The van der Waals surface area contributed by atoms with Gasteiger partial charge >= 0.3 is 0 Å². The first kappa shape index (κ1) is 12.2. The van der Waals surface area contributed by atoms with Crippen molar-refractivity contribution in [2.45, 2.75) is 26.3 Å². The van der Waals surface area contributed by atoms with Gasteiger partial charge in [0.15, 0.2) is 11.6 Å². The van der Waals surface area contributed by atoms with Gasteiger partial charge in [0.2, 0.25) is 0 Å². The van der Waals surface area contributed by atoms with Crippen molar-refractivity contribution in [3.8, 4) is 0 Å². The Hall–Kier alpha value is -1.90. The lowest BCUT2D eigenvalue weighted by molar-refractivity contribution is 0.506. The highest BCUT2D eigenvalue weighted by atomic mass is 19.2. The van der Waals surface area contributed by atoms with E-state index >= 15 is 0 Å². The van der Waals surface area contributed by atoms with Crippen molar-refractivity contribution < 1.29 is 8.78 Å². The van der Waals surface area contributed by atoms with Crippen LogP contribution in [0.2, 0.25) is 0 Å². The molecule has 0 aromatic heterocycles. The Labute approximate surface area is 111 Å². The summed E-state index contributed by atoms with van der Waals surface area (Å²) in [6.45, 7) is 4.14. The molecule has 1 aliphatic rings. The van der Waals surface area contributed by atoms with Crippen LogP contribution in [0, 0.1) is 25.5 Å². The molecule has 0 saturated heterocycles. The molecule has 1 nitrogen and oxygen atoms in total. The molecule has 2 aromatic rings. The monoisotopic (exact) mass is 259 g/mol. The van der Waals surface area contributed by atoms with Crippen LogP contribution in [0.4, 0.5) is 14.5 Å². The van der Waals surface area contributed by atoms with Crippen LogP contribution < -0.4 is 5.32 Å². The van der Waals surface area contributed by atoms with Gasteiger partial charge in [-0.15, -0.1) is 0 Å². The summed E-state index contributed by atoms with van der Waals surface area (Å²) < 4.78 is 26.3. The standard InChI is InChI=1S/C16H15F2N/c1-9-5-10(2)12-8-15(19-16(12)6-9)11-3-4-13(17)14(18)7-11/h3-7,15,19H,8H2,1-2H3. The average Bonchev–Trinajstić information content (AvgIpc) is 2.76. The van der Waals surface area contributed by atoms with E-state index in [4.69, 9.17) is 0 Å². The smallest absolute Gasteiger partial charge is 0.159 e. The summed E-state index contributed by atoms with van der Waals surface area (Å²) in [5, 5.41) is 3.39. The van der Waals surface area contributed by atoms with Crippen molar-refractivity contribution in [1.82, 2.24) is 0 Å². The third-order valence-electron chi connectivity index (χ3n) is 3.70. The van der Waals surface area contributed by atoms with Gasteiger partial charge in [0.25, 0.3) is 0 Å². The maximum atomic E-state index is 13.3. The van der Waals surface area contributed by atoms with Crippen molar-refractivity contribution >= 4 is 5.69 Å². The summed E-state index contributed by atoms with van der Waals surface area (Å²) in [6.07, 6.45) is 0.812. The van der Waals surface area contributed by atoms with Gasteiger partial charge in [-0.25, -0.2) is 8.78 Å². The highest BCUT2D eigenvalue weighted by Gasteiger charge is 2.24. The largest absolute Gasteiger partial charge is 0.378 e. The maximum absolute atomic E-state index is 13.3. The van der Waals surface area contributed by atoms with Crippen LogP contribution in [0.25, 0.3) is 0 Å². The average molecular weight is 259 g/mol. The summed E-state index contributed by atoms with van der Waals surface area (Å²) >= 11 is 0. The van der Waals surface area contributed by atoms with Gasteiger partial charge in [0.1, 0.15) is 0 Å². The van der Waals surface area contributed by atoms with E-state index in [1.165, 1.54) is 28.8 Å². The van der Waals surface area contributed by atoms with Crippen LogP contribution in [0.5, 0.6) is 0 Å². The number of nitrogens with one attached hydrogen (secondary N) is 1. The number of benzene rings is 2. The quantitative estimate of drug-likeness (QED) is 0.805. The third-order valence-corrected chi connectivity index (χ3v) is 3.70. The molecule has 1 heterocycles. The summed E-state index contributed by atoms with van der Waals surface area (Å²) in [4.78, 5) is 0. The molecule has 19 heavy (non-hydrogen) atoms. The number of aryl methyl sites for hydroxylation is 2. The normalized spacial score (nSPS) is 17.2. The molecule has 3 heteroatoms. The second-order valence-corrected chi connectivity index (χ2v) is 5.18. The number of hydrogen-bond donors (Lipinski definition) is 1. The molecule has 0 saturated carbocycles. The van der Waals surface area contributed by atoms with Crippen LogP contribution in [0.3, 0.4) is 0 Å². The lowest BCUT2D eigenvalue weighted by Crippen LogP contribution is -2.06. The van der Waals surface area contributed by atoms with E-state index in [1.807, 2.05) is 0 Å². The van der Waals surface area contributed by atoms with Crippen molar-refractivity contribution in [3.05, 3.63) is 64.2 Å². The molecule has 1 N–H and O–H groups in total. The molecule has 1 aliphatic heterocycles. The fourth-order valence-corrected chi connectivity index (χ4v) is 2.77. The van der Waals surface area contributed by atoms with Gasteiger partial charge in [-0.2, -0.15) is 0 Å². The predicted molar refractivity (Wildman–Crippen MR) is 72.3 cm³/mol. The van der Waals surface area contributed by atoms with E-state index in [-0.39, 0.29) is 6.04 Å². The predicted octanol–water partition coefficient (Wildman–Crippen LogP) is 4.29. The zero-order valence-corrected chi connectivity index (χ0v) is 10.9. The molecule has 0 fully saturated rings. The molecular weight excluding hydrogens is 244 g/mol. The van der Waals surface area contributed by atoms with Crippen molar-refractivity contribution in [2.75, 3.05) is 5.32 Å². The van der Waals surface area contributed by atoms with E-state index in [1.54, 1.807) is 6.07 Å². The second kappa shape index (κ2) is 4.34. The number of fused-ring (bicyclic) bond motifs is 1. The first-order chi connectivity index (χ1) is 9.04. The lowest BCUT2D eigenvalue weighted by Gasteiger charge is -2.11. The highest BCUT2D eigenvalue weighted by Crippen LogP contribution is 2.37. The Morgan fingerprint density at radius 2 is 1.84 bits per heavy atom. The van der Waals surface area contributed by atoms with E-state index in [0.717, 1.165) is 17.7 Å². The number of anilines is 1. The van der Waals surface area contributed by atoms with Crippen LogP contribution in [-0.2, 0) is 6.42 Å². The van der Waals surface area contributed by atoms with E-state index in [0.29, 0.717) is 0 Å². The van der Waals surface area contributed by atoms with Crippen molar-refractivity contribution in [1.29, 1.82) is 0 Å². The zero-order chi connectivity index (χ0) is 13.6. The van der Waals surface area contributed by atoms with Gasteiger partial charge < -0.3 is 5.32 Å². The minimum absolute atomic E-state index is 0.0191. The minimum atomic E-state index is -0.800. The molecule has 0 bridgehead atoms. The van der Waals surface area contributed by atoms with E-state index in [9.17, 15) is 8.78 Å². The molecule has 0 spiro atoms.